The van der Waals surface area contributed by atoms with Gasteiger partial charge in [-0.3, -0.25) is 4.90 Å². The number of nitrogens with zero attached hydrogens (tertiary/aromatic N) is 2. The highest BCUT2D eigenvalue weighted by Crippen LogP contribution is 2.31. The van der Waals surface area contributed by atoms with E-state index < -0.39 is 10.0 Å². The molecule has 1 fully saturated rings. The van der Waals surface area contributed by atoms with Gasteiger partial charge in [-0.2, -0.15) is 0 Å². The van der Waals surface area contributed by atoms with E-state index in [2.05, 4.69) is 39.8 Å². The molecule has 1 atom stereocenters. The molecule has 1 saturated heterocycles. The zero-order valence-corrected chi connectivity index (χ0v) is 18.8. The van der Waals surface area contributed by atoms with Gasteiger partial charge in [0.05, 0.1) is 18.1 Å². The van der Waals surface area contributed by atoms with Gasteiger partial charge in [-0.1, -0.05) is 29.8 Å². The molecule has 30 heavy (non-hydrogen) atoms. The Bertz CT molecular complexity index is 1020. The lowest BCUT2D eigenvalue weighted by atomic mass is 10.0. The highest BCUT2D eigenvalue weighted by atomic mass is 32.2. The van der Waals surface area contributed by atoms with E-state index in [1.54, 1.807) is 6.07 Å². The molecule has 0 aromatic heterocycles. The first kappa shape index (κ1) is 21.3. The number of rotatable bonds is 6. The molecule has 2 aliphatic heterocycles. The first-order valence-corrected chi connectivity index (χ1v) is 12.1. The molecule has 1 unspecified atom stereocenters. The van der Waals surface area contributed by atoms with Gasteiger partial charge in [0.2, 0.25) is 10.0 Å². The largest absolute Gasteiger partial charge is 0.379 e. The molecule has 7 heteroatoms. The monoisotopic (exact) mass is 429 g/mol. The molecule has 2 aromatic rings. The van der Waals surface area contributed by atoms with Gasteiger partial charge in [0.1, 0.15) is 0 Å². The summed E-state index contributed by atoms with van der Waals surface area (Å²) in [7, 11) is -1.47. The minimum atomic E-state index is -3.59. The summed E-state index contributed by atoms with van der Waals surface area (Å²) in [6.07, 6.45) is 1.03. The first-order chi connectivity index (χ1) is 14.3. The minimum Gasteiger partial charge on any atom is -0.379 e. The van der Waals surface area contributed by atoms with Crippen LogP contribution in [0.3, 0.4) is 0 Å². The Morgan fingerprint density at radius 3 is 2.57 bits per heavy atom. The van der Waals surface area contributed by atoms with Crippen LogP contribution in [-0.4, -0.2) is 59.8 Å². The number of benzene rings is 2. The van der Waals surface area contributed by atoms with Gasteiger partial charge in [0.25, 0.3) is 0 Å². The molecule has 2 aliphatic rings. The number of morpholine rings is 1. The standard InChI is InChI=1S/C23H31N3O3S/c1-17-4-7-23(18(2)14-17)30(27,28)24-16-22(26-10-12-29-13-11-26)19-5-6-21-20(15-19)8-9-25(21)3/h4-7,14-15,22,24H,8-13,16H2,1-3H3. The van der Waals surface area contributed by atoms with Crippen LogP contribution in [0.2, 0.25) is 0 Å². The summed E-state index contributed by atoms with van der Waals surface area (Å²) < 4.78 is 34.5. The molecule has 162 valence electrons. The molecular formula is C23H31N3O3S. The molecule has 0 saturated carbocycles. The third-order valence-electron chi connectivity index (χ3n) is 6.19. The zero-order valence-electron chi connectivity index (χ0n) is 18.0. The predicted octanol–water partition coefficient (Wildman–Crippen LogP) is 2.65. The van der Waals surface area contributed by atoms with Crippen molar-refractivity contribution in [2.24, 2.45) is 0 Å². The topological polar surface area (TPSA) is 61.9 Å². The Hall–Kier alpha value is -1.93. The van der Waals surface area contributed by atoms with Gasteiger partial charge in [0, 0.05) is 45.0 Å². The molecule has 0 spiro atoms. The fourth-order valence-corrected chi connectivity index (χ4v) is 5.77. The number of nitrogens with one attached hydrogen (secondary N) is 1. The lowest BCUT2D eigenvalue weighted by Gasteiger charge is -2.35. The second kappa shape index (κ2) is 8.67. The average Bonchev–Trinajstić information content (AvgIpc) is 3.09. The van der Waals surface area contributed by atoms with Crippen LogP contribution in [0.5, 0.6) is 0 Å². The fourth-order valence-electron chi connectivity index (χ4n) is 4.51. The van der Waals surface area contributed by atoms with Crippen molar-refractivity contribution in [1.82, 2.24) is 9.62 Å². The molecule has 1 N–H and O–H groups in total. The van der Waals surface area contributed by atoms with Crippen molar-refractivity contribution in [3.05, 3.63) is 58.7 Å². The van der Waals surface area contributed by atoms with Crippen molar-refractivity contribution >= 4 is 15.7 Å². The second-order valence-corrected chi connectivity index (χ2v) is 10.1. The summed E-state index contributed by atoms with van der Waals surface area (Å²) in [6.45, 7) is 8.13. The summed E-state index contributed by atoms with van der Waals surface area (Å²) in [6, 6.07) is 12.0. The fraction of sp³-hybridized carbons (Fsp3) is 0.478. The van der Waals surface area contributed by atoms with Gasteiger partial charge in [-0.25, -0.2) is 13.1 Å². The third kappa shape index (κ3) is 4.39. The van der Waals surface area contributed by atoms with E-state index in [-0.39, 0.29) is 6.04 Å². The third-order valence-corrected chi connectivity index (χ3v) is 7.77. The maximum absolute atomic E-state index is 13.1. The molecule has 4 rings (SSSR count). The van der Waals surface area contributed by atoms with Crippen LogP contribution in [0.25, 0.3) is 0 Å². The first-order valence-electron chi connectivity index (χ1n) is 10.6. The SMILES string of the molecule is Cc1ccc(S(=O)(=O)NCC(c2ccc3c(c2)CCN3C)N2CCOCC2)c(C)c1. The van der Waals surface area contributed by atoms with Gasteiger partial charge in [0.15, 0.2) is 0 Å². The lowest BCUT2D eigenvalue weighted by Crippen LogP contribution is -2.43. The second-order valence-electron chi connectivity index (χ2n) is 8.34. The van der Waals surface area contributed by atoms with Gasteiger partial charge in [-0.05, 0) is 49.1 Å². The van der Waals surface area contributed by atoms with E-state index >= 15 is 0 Å². The number of ether oxygens (including phenoxy) is 1. The average molecular weight is 430 g/mol. The Morgan fingerprint density at radius 1 is 1.07 bits per heavy atom. The molecule has 6 nitrogen and oxygen atoms in total. The number of fused-ring (bicyclic) bond motifs is 1. The van der Waals surface area contributed by atoms with E-state index in [1.165, 1.54) is 11.3 Å². The van der Waals surface area contributed by atoms with Crippen LogP contribution in [0.1, 0.15) is 28.3 Å². The maximum Gasteiger partial charge on any atom is 0.240 e. The Balaban J connectivity index is 1.59. The number of hydrogen-bond donors (Lipinski definition) is 1. The van der Waals surface area contributed by atoms with Gasteiger partial charge in [-0.15, -0.1) is 0 Å². The normalized spacial score (nSPS) is 18.4. The van der Waals surface area contributed by atoms with Crippen molar-refractivity contribution in [2.75, 3.05) is 51.3 Å². The predicted molar refractivity (Wildman–Crippen MR) is 120 cm³/mol. The van der Waals surface area contributed by atoms with Crippen LogP contribution in [0, 0.1) is 13.8 Å². The van der Waals surface area contributed by atoms with E-state index in [0.717, 1.165) is 42.7 Å². The molecule has 0 amide bonds. The Labute approximate surface area is 179 Å². The molecular weight excluding hydrogens is 398 g/mol. The van der Waals surface area contributed by atoms with Crippen LogP contribution in [0.15, 0.2) is 41.3 Å². The number of sulfonamides is 1. The minimum absolute atomic E-state index is 0.0226. The number of likely N-dealkylation sites (N-methyl/N-ethyl adjacent to an activating group) is 1. The van der Waals surface area contributed by atoms with Crippen molar-refractivity contribution in [3.63, 3.8) is 0 Å². The van der Waals surface area contributed by atoms with E-state index in [9.17, 15) is 8.42 Å². The highest BCUT2D eigenvalue weighted by Gasteiger charge is 2.27. The van der Waals surface area contributed by atoms with Crippen LogP contribution >= 0.6 is 0 Å². The highest BCUT2D eigenvalue weighted by molar-refractivity contribution is 7.89. The summed E-state index contributed by atoms with van der Waals surface area (Å²) in [5, 5.41) is 0. The smallest absolute Gasteiger partial charge is 0.240 e. The molecule has 0 aliphatic carbocycles. The summed E-state index contributed by atoms with van der Waals surface area (Å²) in [5.74, 6) is 0. The lowest BCUT2D eigenvalue weighted by molar-refractivity contribution is 0.0172. The maximum atomic E-state index is 13.1. The quantitative estimate of drug-likeness (QED) is 0.765. The van der Waals surface area contributed by atoms with E-state index in [1.807, 2.05) is 26.0 Å². The summed E-state index contributed by atoms with van der Waals surface area (Å²) in [5.41, 5.74) is 5.60. The molecule has 2 aromatic carbocycles. The number of aryl methyl sites for hydroxylation is 2. The zero-order chi connectivity index (χ0) is 21.3. The Morgan fingerprint density at radius 2 is 1.83 bits per heavy atom. The van der Waals surface area contributed by atoms with Crippen molar-refractivity contribution in [2.45, 2.75) is 31.2 Å². The summed E-state index contributed by atoms with van der Waals surface area (Å²) >= 11 is 0. The number of anilines is 1. The van der Waals surface area contributed by atoms with Gasteiger partial charge < -0.3 is 9.64 Å². The summed E-state index contributed by atoms with van der Waals surface area (Å²) in [4.78, 5) is 4.95. The van der Waals surface area contributed by atoms with Crippen molar-refractivity contribution < 1.29 is 13.2 Å². The molecule has 0 bridgehead atoms. The van der Waals surface area contributed by atoms with E-state index in [4.69, 9.17) is 4.74 Å². The molecule has 2 heterocycles. The number of hydrogen-bond acceptors (Lipinski definition) is 5. The van der Waals surface area contributed by atoms with Gasteiger partial charge >= 0.3 is 0 Å². The van der Waals surface area contributed by atoms with Crippen LogP contribution < -0.4 is 9.62 Å². The van der Waals surface area contributed by atoms with Crippen molar-refractivity contribution in [3.8, 4) is 0 Å². The van der Waals surface area contributed by atoms with Crippen molar-refractivity contribution in [1.29, 1.82) is 0 Å². The van der Waals surface area contributed by atoms with Crippen LogP contribution in [-0.2, 0) is 21.2 Å². The van der Waals surface area contributed by atoms with Crippen LogP contribution in [0.4, 0.5) is 5.69 Å². The van der Waals surface area contributed by atoms with E-state index in [0.29, 0.717) is 24.7 Å². The molecule has 0 radical (unpaired) electrons. The Kier molecular flexibility index (Phi) is 6.16.